The Labute approximate surface area is 96.3 Å². The zero-order valence-corrected chi connectivity index (χ0v) is 8.94. The molecule has 86 valence electrons. The lowest BCUT2D eigenvalue weighted by Gasteiger charge is -2.07. The summed E-state index contributed by atoms with van der Waals surface area (Å²) in [6.45, 7) is 0.611. The smallest absolute Gasteiger partial charge is 0.158 e. The molecule has 0 aliphatic carbocycles. The third-order valence-electron chi connectivity index (χ3n) is 2.62. The van der Waals surface area contributed by atoms with Crippen molar-refractivity contribution in [2.75, 3.05) is 6.54 Å². The second-order valence-corrected chi connectivity index (χ2v) is 3.81. The first-order chi connectivity index (χ1) is 8.24. The van der Waals surface area contributed by atoms with E-state index in [0.29, 0.717) is 35.7 Å². The second-order valence-electron chi connectivity index (χ2n) is 3.81. The highest BCUT2D eigenvalue weighted by Crippen LogP contribution is 2.19. The molecule has 0 spiro atoms. The third-order valence-corrected chi connectivity index (χ3v) is 2.62. The lowest BCUT2D eigenvalue weighted by molar-refractivity contribution is 0.624. The van der Waals surface area contributed by atoms with Crippen LogP contribution < -0.4 is 5.73 Å². The molecule has 17 heavy (non-hydrogen) atoms. The molecular formula is C11H10FN5. The van der Waals surface area contributed by atoms with E-state index >= 15 is 0 Å². The first-order valence-corrected chi connectivity index (χ1v) is 5.24. The average molecular weight is 231 g/mol. The number of hydrogen-bond donors (Lipinski definition) is 2. The van der Waals surface area contributed by atoms with Crippen molar-refractivity contribution in [3.05, 3.63) is 29.8 Å². The summed E-state index contributed by atoms with van der Waals surface area (Å²) >= 11 is 0. The van der Waals surface area contributed by atoms with Crippen LogP contribution in [-0.4, -0.2) is 28.2 Å². The molecule has 0 saturated carbocycles. The van der Waals surface area contributed by atoms with Gasteiger partial charge in [-0.1, -0.05) is 0 Å². The summed E-state index contributed by atoms with van der Waals surface area (Å²) in [6, 6.07) is 1.41. The molecule has 3 N–H and O–H groups in total. The monoisotopic (exact) mass is 231 g/mol. The zero-order valence-electron chi connectivity index (χ0n) is 8.94. The molecule has 6 heteroatoms. The molecule has 0 aromatic carbocycles. The van der Waals surface area contributed by atoms with Crippen molar-refractivity contribution in [3.63, 3.8) is 0 Å². The largest absolute Gasteiger partial charge is 0.387 e. The van der Waals surface area contributed by atoms with Gasteiger partial charge in [-0.25, -0.2) is 14.4 Å². The molecule has 1 aliphatic rings. The number of rotatable bonds is 1. The number of fused-ring (bicyclic) bond motifs is 1. The molecule has 0 radical (unpaired) electrons. The highest BCUT2D eigenvalue weighted by atomic mass is 19.1. The Morgan fingerprint density at radius 1 is 1.41 bits per heavy atom. The Balaban J connectivity index is 2.18. The maximum atomic E-state index is 13.2. The number of H-pyrrole nitrogens is 1. The Morgan fingerprint density at radius 3 is 3.12 bits per heavy atom. The van der Waals surface area contributed by atoms with Gasteiger partial charge in [0.1, 0.15) is 17.3 Å². The lowest BCUT2D eigenvalue weighted by Crippen LogP contribution is -2.20. The molecule has 3 rings (SSSR count). The van der Waals surface area contributed by atoms with Crippen molar-refractivity contribution >= 4 is 22.7 Å². The Hall–Kier alpha value is -2.24. The first kappa shape index (κ1) is 9.95. The normalized spacial score (nSPS) is 15.8. The number of halogens is 1. The number of aliphatic imine (C=N–C) groups is 2. The van der Waals surface area contributed by atoms with Crippen molar-refractivity contribution in [2.45, 2.75) is 6.42 Å². The quantitative estimate of drug-likeness (QED) is 0.773. The van der Waals surface area contributed by atoms with Gasteiger partial charge in [-0.15, -0.1) is 0 Å². The van der Waals surface area contributed by atoms with Crippen LogP contribution in [0.2, 0.25) is 0 Å². The van der Waals surface area contributed by atoms with E-state index in [4.69, 9.17) is 5.73 Å². The van der Waals surface area contributed by atoms with Crippen LogP contribution in [0.15, 0.2) is 28.4 Å². The van der Waals surface area contributed by atoms with Gasteiger partial charge in [-0.05, 0) is 6.07 Å². The van der Waals surface area contributed by atoms with Gasteiger partial charge in [-0.3, -0.25) is 4.99 Å². The number of aromatic amines is 1. The van der Waals surface area contributed by atoms with Crippen LogP contribution in [0.5, 0.6) is 0 Å². The number of aromatic nitrogens is 2. The van der Waals surface area contributed by atoms with E-state index in [2.05, 4.69) is 20.0 Å². The van der Waals surface area contributed by atoms with Crippen molar-refractivity contribution < 1.29 is 4.39 Å². The highest BCUT2D eigenvalue weighted by molar-refractivity contribution is 6.13. The molecule has 2 aromatic rings. The molecule has 5 nitrogen and oxygen atoms in total. The maximum absolute atomic E-state index is 13.2. The summed E-state index contributed by atoms with van der Waals surface area (Å²) in [5.74, 6) is 0.702. The van der Waals surface area contributed by atoms with Crippen LogP contribution in [0.3, 0.4) is 0 Å². The summed E-state index contributed by atoms with van der Waals surface area (Å²) in [5, 5.41) is 0.669. The maximum Gasteiger partial charge on any atom is 0.158 e. The molecule has 0 fully saturated rings. The van der Waals surface area contributed by atoms with Crippen molar-refractivity contribution in [3.8, 4) is 0 Å². The average Bonchev–Trinajstić information content (AvgIpc) is 2.71. The fourth-order valence-corrected chi connectivity index (χ4v) is 1.81. The van der Waals surface area contributed by atoms with Crippen LogP contribution in [0, 0.1) is 5.82 Å². The molecule has 0 saturated heterocycles. The highest BCUT2D eigenvalue weighted by Gasteiger charge is 2.14. The Kier molecular flexibility index (Phi) is 2.14. The lowest BCUT2D eigenvalue weighted by atomic mass is 10.2. The van der Waals surface area contributed by atoms with Crippen molar-refractivity contribution in [1.29, 1.82) is 0 Å². The molecular weight excluding hydrogens is 221 g/mol. The summed E-state index contributed by atoms with van der Waals surface area (Å²) in [7, 11) is 0. The summed E-state index contributed by atoms with van der Waals surface area (Å²) in [5.41, 5.74) is 7.02. The number of hydrogen-bond acceptors (Lipinski definition) is 4. The number of nitrogens with one attached hydrogen (secondary N) is 1. The fourth-order valence-electron chi connectivity index (χ4n) is 1.81. The van der Waals surface area contributed by atoms with Crippen LogP contribution >= 0.6 is 0 Å². The van der Waals surface area contributed by atoms with E-state index in [1.807, 2.05) is 0 Å². The van der Waals surface area contributed by atoms with Crippen LogP contribution in [0.4, 0.5) is 4.39 Å². The standard InChI is InChI=1S/C11H10FN5/c12-6-3-7-8(5-16-10(7)15-4-6)11-14-2-1-9(13)17-11/h3-5H,1-2H2,(H,15,16)(H2,13,14,17). The molecule has 0 bridgehead atoms. The van der Waals surface area contributed by atoms with Crippen molar-refractivity contribution in [2.24, 2.45) is 15.7 Å². The van der Waals surface area contributed by atoms with Gasteiger partial charge >= 0.3 is 0 Å². The van der Waals surface area contributed by atoms with E-state index in [0.717, 1.165) is 5.56 Å². The van der Waals surface area contributed by atoms with Gasteiger partial charge in [0.2, 0.25) is 0 Å². The van der Waals surface area contributed by atoms with Crippen LogP contribution in [-0.2, 0) is 0 Å². The number of amidine groups is 2. The summed E-state index contributed by atoms with van der Waals surface area (Å²) in [4.78, 5) is 15.4. The fraction of sp³-hybridized carbons (Fsp3) is 0.182. The van der Waals surface area contributed by atoms with E-state index < -0.39 is 0 Å². The van der Waals surface area contributed by atoms with Crippen LogP contribution in [0.1, 0.15) is 12.0 Å². The first-order valence-electron chi connectivity index (χ1n) is 5.24. The van der Waals surface area contributed by atoms with Gasteiger partial charge in [-0.2, -0.15) is 0 Å². The topological polar surface area (TPSA) is 79.4 Å². The predicted octanol–water partition coefficient (Wildman–Crippen LogP) is 1.21. The Morgan fingerprint density at radius 2 is 2.29 bits per heavy atom. The molecule has 2 aromatic heterocycles. The molecule has 0 unspecified atom stereocenters. The van der Waals surface area contributed by atoms with E-state index in [-0.39, 0.29) is 5.82 Å². The third kappa shape index (κ3) is 1.67. The minimum absolute atomic E-state index is 0.383. The zero-order chi connectivity index (χ0) is 11.8. The summed E-state index contributed by atoms with van der Waals surface area (Å²) < 4.78 is 13.2. The minimum atomic E-state index is -0.383. The number of nitrogens with two attached hydrogens (primary N) is 1. The van der Waals surface area contributed by atoms with Crippen LogP contribution in [0.25, 0.3) is 11.0 Å². The minimum Gasteiger partial charge on any atom is -0.387 e. The molecule has 0 amide bonds. The van der Waals surface area contributed by atoms with Gasteiger partial charge in [0.25, 0.3) is 0 Å². The van der Waals surface area contributed by atoms with E-state index in [1.165, 1.54) is 12.3 Å². The number of pyridine rings is 1. The predicted molar refractivity (Wildman–Crippen MR) is 63.7 cm³/mol. The van der Waals surface area contributed by atoms with Gasteiger partial charge in [0.15, 0.2) is 5.84 Å². The number of nitrogens with zero attached hydrogens (tertiary/aromatic N) is 3. The van der Waals surface area contributed by atoms with Gasteiger partial charge < -0.3 is 10.7 Å². The second kappa shape index (κ2) is 3.65. The van der Waals surface area contributed by atoms with Crippen molar-refractivity contribution in [1.82, 2.24) is 9.97 Å². The molecule has 1 aliphatic heterocycles. The Bertz CT molecular complexity index is 640. The van der Waals surface area contributed by atoms with E-state index in [9.17, 15) is 4.39 Å². The summed E-state index contributed by atoms with van der Waals surface area (Å²) in [6.07, 6.45) is 3.55. The SMILES string of the molecule is NC1=NC(c2c[nH]c3ncc(F)cc23)=NCC1. The van der Waals surface area contributed by atoms with Gasteiger partial charge in [0.05, 0.1) is 6.20 Å². The van der Waals surface area contributed by atoms with Gasteiger partial charge in [0, 0.05) is 30.1 Å². The van der Waals surface area contributed by atoms with E-state index in [1.54, 1.807) is 6.20 Å². The molecule has 3 heterocycles. The molecule has 0 atom stereocenters.